The number of likely N-dealkylation sites (tertiary alicyclic amines) is 1. The first kappa shape index (κ1) is 18.9. The summed E-state index contributed by atoms with van der Waals surface area (Å²) in [6, 6.07) is 5.95. The number of nitrogens with zero attached hydrogens (tertiary/aromatic N) is 2. The zero-order chi connectivity index (χ0) is 19.4. The maximum absolute atomic E-state index is 12.2. The number of carbonyl (C=O) groups excluding carboxylic acids is 4. The van der Waals surface area contributed by atoms with Gasteiger partial charge in [-0.05, 0) is 43.0 Å². The minimum atomic E-state index is -0.470. The number of nitrogens with one attached hydrogen (secondary N) is 2. The molecular formula is C19H24N4O4. The minimum absolute atomic E-state index is 0.0260. The first-order valence-corrected chi connectivity index (χ1v) is 9.21. The Hall–Kier alpha value is -2.90. The summed E-state index contributed by atoms with van der Waals surface area (Å²) in [7, 11) is 0. The second-order valence-corrected chi connectivity index (χ2v) is 7.06. The number of anilines is 1. The van der Waals surface area contributed by atoms with Crippen molar-refractivity contribution in [2.24, 2.45) is 5.92 Å². The van der Waals surface area contributed by atoms with Crippen LogP contribution in [-0.4, -0.2) is 54.8 Å². The van der Waals surface area contributed by atoms with Crippen molar-refractivity contribution >= 4 is 29.4 Å². The van der Waals surface area contributed by atoms with Gasteiger partial charge in [-0.2, -0.15) is 0 Å². The van der Waals surface area contributed by atoms with Crippen LogP contribution in [0.4, 0.5) is 10.5 Å². The summed E-state index contributed by atoms with van der Waals surface area (Å²) >= 11 is 0. The second-order valence-electron chi connectivity index (χ2n) is 7.06. The fourth-order valence-electron chi connectivity index (χ4n) is 3.24. The molecule has 27 heavy (non-hydrogen) atoms. The lowest BCUT2D eigenvalue weighted by Crippen LogP contribution is -2.39. The van der Waals surface area contributed by atoms with Crippen LogP contribution in [0.3, 0.4) is 0 Å². The summed E-state index contributed by atoms with van der Waals surface area (Å²) < 4.78 is 0. The smallest absolute Gasteiger partial charge is 0.329 e. The van der Waals surface area contributed by atoms with E-state index in [0.717, 1.165) is 25.9 Å². The lowest BCUT2D eigenvalue weighted by molar-refractivity contribution is -0.132. The molecule has 1 aromatic carbocycles. The number of piperidine rings is 1. The molecule has 0 unspecified atom stereocenters. The normalized spacial score (nSPS) is 17.8. The molecule has 8 nitrogen and oxygen atoms in total. The van der Waals surface area contributed by atoms with E-state index in [1.54, 1.807) is 24.3 Å². The number of amides is 5. The molecule has 2 heterocycles. The molecule has 0 bridgehead atoms. The number of rotatable bonds is 5. The number of carbonyl (C=O) groups is 4. The van der Waals surface area contributed by atoms with E-state index in [1.165, 1.54) is 4.90 Å². The highest BCUT2D eigenvalue weighted by Gasteiger charge is 2.28. The lowest BCUT2D eigenvalue weighted by atomic mass is 9.99. The van der Waals surface area contributed by atoms with E-state index >= 15 is 0 Å². The number of hydrogen-bond acceptors (Lipinski definition) is 4. The van der Waals surface area contributed by atoms with Gasteiger partial charge >= 0.3 is 6.03 Å². The van der Waals surface area contributed by atoms with Crippen LogP contribution in [0.5, 0.6) is 0 Å². The van der Waals surface area contributed by atoms with E-state index in [-0.39, 0.29) is 37.2 Å². The Morgan fingerprint density at radius 2 is 1.81 bits per heavy atom. The van der Waals surface area contributed by atoms with Crippen LogP contribution in [0.15, 0.2) is 24.3 Å². The molecular weight excluding hydrogens is 348 g/mol. The van der Waals surface area contributed by atoms with Gasteiger partial charge in [-0.15, -0.1) is 0 Å². The Kier molecular flexibility index (Phi) is 5.73. The Morgan fingerprint density at radius 1 is 1.15 bits per heavy atom. The van der Waals surface area contributed by atoms with Crippen LogP contribution < -0.4 is 15.5 Å². The van der Waals surface area contributed by atoms with E-state index in [2.05, 4.69) is 17.6 Å². The van der Waals surface area contributed by atoms with Crippen LogP contribution in [0.1, 0.15) is 36.5 Å². The Balaban J connectivity index is 1.46. The van der Waals surface area contributed by atoms with E-state index in [1.807, 2.05) is 4.90 Å². The van der Waals surface area contributed by atoms with E-state index < -0.39 is 6.03 Å². The van der Waals surface area contributed by atoms with Gasteiger partial charge in [0.2, 0.25) is 11.8 Å². The third-order valence-electron chi connectivity index (χ3n) is 5.00. The van der Waals surface area contributed by atoms with Crippen LogP contribution >= 0.6 is 0 Å². The van der Waals surface area contributed by atoms with E-state index in [4.69, 9.17) is 0 Å². The van der Waals surface area contributed by atoms with Crippen molar-refractivity contribution in [2.45, 2.75) is 26.2 Å². The molecule has 0 radical (unpaired) electrons. The number of hydrogen-bond donors (Lipinski definition) is 2. The molecule has 2 saturated heterocycles. The second kappa shape index (κ2) is 8.20. The summed E-state index contributed by atoms with van der Waals surface area (Å²) in [5, 5.41) is 4.95. The summed E-state index contributed by atoms with van der Waals surface area (Å²) in [5.41, 5.74) is 0.980. The van der Waals surface area contributed by atoms with Crippen molar-refractivity contribution in [3.05, 3.63) is 29.8 Å². The first-order valence-electron chi connectivity index (χ1n) is 9.21. The molecule has 2 fully saturated rings. The molecule has 3 rings (SSSR count). The average molecular weight is 372 g/mol. The summed E-state index contributed by atoms with van der Waals surface area (Å²) in [6.07, 6.45) is 2.35. The number of benzene rings is 1. The molecule has 1 aromatic rings. The summed E-state index contributed by atoms with van der Waals surface area (Å²) in [4.78, 5) is 50.4. The molecule has 144 valence electrons. The van der Waals surface area contributed by atoms with Gasteiger partial charge in [0.05, 0.1) is 0 Å². The van der Waals surface area contributed by atoms with Crippen LogP contribution in [-0.2, 0) is 9.59 Å². The minimum Gasteiger partial charge on any atom is -0.352 e. The fourth-order valence-corrected chi connectivity index (χ4v) is 3.24. The maximum Gasteiger partial charge on any atom is 0.329 e. The monoisotopic (exact) mass is 372 g/mol. The molecule has 2 aliphatic rings. The van der Waals surface area contributed by atoms with Gasteiger partial charge in [0.1, 0.15) is 6.54 Å². The van der Waals surface area contributed by atoms with Gasteiger partial charge in [0.25, 0.3) is 5.91 Å². The number of urea groups is 1. The van der Waals surface area contributed by atoms with Crippen molar-refractivity contribution in [1.29, 1.82) is 0 Å². The van der Waals surface area contributed by atoms with Crippen molar-refractivity contribution in [3.8, 4) is 0 Å². The van der Waals surface area contributed by atoms with Crippen LogP contribution in [0.2, 0.25) is 0 Å². The van der Waals surface area contributed by atoms with Gasteiger partial charge in [-0.3, -0.25) is 24.6 Å². The molecule has 2 N–H and O–H groups in total. The molecule has 0 aromatic heterocycles. The molecule has 0 atom stereocenters. The Bertz CT molecular complexity index is 739. The number of imide groups is 1. The average Bonchev–Trinajstić information content (AvgIpc) is 3.00. The molecule has 8 heteroatoms. The first-order chi connectivity index (χ1) is 12.9. The Labute approximate surface area is 157 Å². The molecule has 0 aliphatic carbocycles. The molecule has 2 aliphatic heterocycles. The highest BCUT2D eigenvalue weighted by atomic mass is 16.2. The molecule has 5 amide bonds. The zero-order valence-electron chi connectivity index (χ0n) is 15.4. The zero-order valence-corrected chi connectivity index (χ0v) is 15.4. The SMILES string of the molecule is CC1CCN(C(=O)CCNC(=O)c2ccc(N3CC(=O)NC3=O)cc2)CC1. The van der Waals surface area contributed by atoms with Crippen molar-refractivity contribution in [1.82, 2.24) is 15.5 Å². The van der Waals surface area contributed by atoms with Crippen LogP contribution in [0, 0.1) is 5.92 Å². The molecule has 0 saturated carbocycles. The van der Waals surface area contributed by atoms with Gasteiger partial charge < -0.3 is 10.2 Å². The van der Waals surface area contributed by atoms with Crippen molar-refractivity contribution < 1.29 is 19.2 Å². The van der Waals surface area contributed by atoms with E-state index in [9.17, 15) is 19.2 Å². The van der Waals surface area contributed by atoms with Crippen LogP contribution in [0.25, 0.3) is 0 Å². The Morgan fingerprint density at radius 3 is 2.41 bits per heavy atom. The van der Waals surface area contributed by atoms with Gasteiger partial charge in [0.15, 0.2) is 0 Å². The predicted octanol–water partition coefficient (Wildman–Crippen LogP) is 1.12. The fraction of sp³-hybridized carbons (Fsp3) is 0.474. The molecule has 0 spiro atoms. The highest BCUT2D eigenvalue weighted by Crippen LogP contribution is 2.18. The van der Waals surface area contributed by atoms with Crippen molar-refractivity contribution in [3.63, 3.8) is 0 Å². The highest BCUT2D eigenvalue weighted by molar-refractivity contribution is 6.12. The standard InChI is InChI=1S/C19H24N4O4/c1-13-7-10-22(11-8-13)17(25)6-9-20-18(26)14-2-4-15(5-3-14)23-12-16(24)21-19(23)27/h2-5,13H,6-12H2,1H3,(H,20,26)(H,21,24,27). The van der Waals surface area contributed by atoms with Gasteiger partial charge in [-0.1, -0.05) is 6.92 Å². The third-order valence-corrected chi connectivity index (χ3v) is 5.00. The van der Waals surface area contributed by atoms with Gasteiger partial charge in [0, 0.05) is 37.3 Å². The summed E-state index contributed by atoms with van der Waals surface area (Å²) in [6.45, 7) is 4.04. The maximum atomic E-state index is 12.2. The van der Waals surface area contributed by atoms with Gasteiger partial charge in [-0.25, -0.2) is 4.79 Å². The summed E-state index contributed by atoms with van der Waals surface area (Å²) in [5.74, 6) is 0.113. The largest absolute Gasteiger partial charge is 0.352 e. The third kappa shape index (κ3) is 4.64. The lowest BCUT2D eigenvalue weighted by Gasteiger charge is -2.30. The predicted molar refractivity (Wildman–Crippen MR) is 99.3 cm³/mol. The van der Waals surface area contributed by atoms with E-state index in [0.29, 0.717) is 17.2 Å². The van der Waals surface area contributed by atoms with Crippen molar-refractivity contribution in [2.75, 3.05) is 31.1 Å². The topological polar surface area (TPSA) is 98.8 Å². The quantitative estimate of drug-likeness (QED) is 0.757.